The SMILES string of the molecule is Cc1nc(C(C)NCC=O)n[nH]1. The molecule has 0 aliphatic rings. The molecule has 0 aliphatic heterocycles. The summed E-state index contributed by atoms with van der Waals surface area (Å²) in [5.74, 6) is 1.47. The Balaban J connectivity index is 2.52. The number of H-pyrrole nitrogens is 1. The highest BCUT2D eigenvalue weighted by atomic mass is 16.1. The zero-order valence-electron chi connectivity index (χ0n) is 7.16. The quantitative estimate of drug-likeness (QED) is 0.619. The normalized spacial score (nSPS) is 12.8. The molecular formula is C7H12N4O. The highest BCUT2D eigenvalue weighted by molar-refractivity contribution is 5.51. The molecule has 12 heavy (non-hydrogen) atoms. The number of hydrogen-bond donors (Lipinski definition) is 2. The van der Waals surface area contributed by atoms with Crippen LogP contribution in [0, 0.1) is 6.92 Å². The molecular weight excluding hydrogens is 156 g/mol. The van der Waals surface area contributed by atoms with Gasteiger partial charge in [0, 0.05) is 0 Å². The van der Waals surface area contributed by atoms with E-state index in [2.05, 4.69) is 20.5 Å². The van der Waals surface area contributed by atoms with Crippen LogP contribution in [0.3, 0.4) is 0 Å². The van der Waals surface area contributed by atoms with Gasteiger partial charge in [-0.25, -0.2) is 4.98 Å². The molecule has 0 bridgehead atoms. The summed E-state index contributed by atoms with van der Waals surface area (Å²) in [7, 11) is 0. The molecule has 1 aromatic heterocycles. The predicted octanol–water partition coefficient (Wildman–Crippen LogP) is -0.0374. The van der Waals surface area contributed by atoms with E-state index in [0.717, 1.165) is 12.1 Å². The summed E-state index contributed by atoms with van der Waals surface area (Å²) >= 11 is 0. The van der Waals surface area contributed by atoms with Gasteiger partial charge in [-0.15, -0.1) is 0 Å². The van der Waals surface area contributed by atoms with Crippen LogP contribution in [0.5, 0.6) is 0 Å². The van der Waals surface area contributed by atoms with Crippen molar-refractivity contribution in [2.75, 3.05) is 6.54 Å². The van der Waals surface area contributed by atoms with Crippen LogP contribution < -0.4 is 5.32 Å². The number of aryl methyl sites for hydroxylation is 1. The van der Waals surface area contributed by atoms with Crippen molar-refractivity contribution in [3.05, 3.63) is 11.6 Å². The van der Waals surface area contributed by atoms with Crippen molar-refractivity contribution in [2.45, 2.75) is 19.9 Å². The van der Waals surface area contributed by atoms with Crippen LogP contribution in [0.25, 0.3) is 0 Å². The largest absolute Gasteiger partial charge is 0.302 e. The molecule has 1 unspecified atom stereocenters. The number of aromatic amines is 1. The van der Waals surface area contributed by atoms with Gasteiger partial charge < -0.3 is 10.1 Å². The monoisotopic (exact) mass is 168 g/mol. The molecule has 0 amide bonds. The van der Waals surface area contributed by atoms with E-state index in [1.165, 1.54) is 0 Å². The van der Waals surface area contributed by atoms with Crippen LogP contribution in [0.4, 0.5) is 0 Å². The summed E-state index contributed by atoms with van der Waals surface area (Å²) in [6.45, 7) is 4.07. The summed E-state index contributed by atoms with van der Waals surface area (Å²) in [5.41, 5.74) is 0. The molecule has 1 aromatic rings. The Kier molecular flexibility index (Phi) is 2.93. The van der Waals surface area contributed by atoms with E-state index in [1.807, 2.05) is 13.8 Å². The molecule has 66 valence electrons. The minimum atomic E-state index is 0.0140. The number of nitrogens with one attached hydrogen (secondary N) is 2. The molecule has 0 fully saturated rings. The number of aldehydes is 1. The Hall–Kier alpha value is -1.23. The Morgan fingerprint density at radius 1 is 1.75 bits per heavy atom. The first-order valence-electron chi connectivity index (χ1n) is 3.80. The highest BCUT2D eigenvalue weighted by Crippen LogP contribution is 2.04. The first kappa shape index (κ1) is 8.86. The predicted molar refractivity (Wildman–Crippen MR) is 43.6 cm³/mol. The Labute approximate surface area is 70.6 Å². The Morgan fingerprint density at radius 3 is 3.00 bits per heavy atom. The third-order valence-corrected chi connectivity index (χ3v) is 1.51. The summed E-state index contributed by atoms with van der Waals surface area (Å²) in [6, 6.07) is 0.0140. The second kappa shape index (κ2) is 3.96. The fourth-order valence-electron chi connectivity index (χ4n) is 0.870. The maximum atomic E-state index is 10.0. The van der Waals surface area contributed by atoms with Crippen molar-refractivity contribution >= 4 is 6.29 Å². The fraction of sp³-hybridized carbons (Fsp3) is 0.571. The van der Waals surface area contributed by atoms with Gasteiger partial charge in [0.1, 0.15) is 12.1 Å². The minimum absolute atomic E-state index is 0.0140. The Morgan fingerprint density at radius 2 is 2.50 bits per heavy atom. The van der Waals surface area contributed by atoms with Gasteiger partial charge in [-0.2, -0.15) is 5.10 Å². The van der Waals surface area contributed by atoms with Crippen LogP contribution in [0.1, 0.15) is 24.6 Å². The number of carbonyl (C=O) groups excluding carboxylic acids is 1. The molecule has 0 saturated carbocycles. The van der Waals surface area contributed by atoms with E-state index in [0.29, 0.717) is 12.4 Å². The smallest absolute Gasteiger partial charge is 0.167 e. The van der Waals surface area contributed by atoms with Crippen molar-refractivity contribution < 1.29 is 4.79 Å². The van der Waals surface area contributed by atoms with Crippen LogP contribution in [-0.4, -0.2) is 28.0 Å². The van der Waals surface area contributed by atoms with E-state index in [9.17, 15) is 4.79 Å². The topological polar surface area (TPSA) is 70.7 Å². The van der Waals surface area contributed by atoms with Crippen LogP contribution in [-0.2, 0) is 4.79 Å². The maximum Gasteiger partial charge on any atom is 0.167 e. The molecule has 0 aromatic carbocycles. The lowest BCUT2D eigenvalue weighted by Gasteiger charge is -2.05. The van der Waals surface area contributed by atoms with Crippen molar-refractivity contribution in [3.63, 3.8) is 0 Å². The van der Waals surface area contributed by atoms with Crippen molar-refractivity contribution in [1.29, 1.82) is 0 Å². The summed E-state index contributed by atoms with van der Waals surface area (Å²) in [6.07, 6.45) is 0.815. The van der Waals surface area contributed by atoms with Gasteiger partial charge in [-0.1, -0.05) is 0 Å². The second-order valence-corrected chi connectivity index (χ2v) is 2.58. The third kappa shape index (κ3) is 2.13. The molecule has 2 N–H and O–H groups in total. The maximum absolute atomic E-state index is 10.0. The average molecular weight is 168 g/mol. The highest BCUT2D eigenvalue weighted by Gasteiger charge is 2.08. The van der Waals surface area contributed by atoms with Gasteiger partial charge >= 0.3 is 0 Å². The van der Waals surface area contributed by atoms with Gasteiger partial charge in [0.15, 0.2) is 5.82 Å². The van der Waals surface area contributed by atoms with E-state index in [1.54, 1.807) is 0 Å². The molecule has 5 nitrogen and oxygen atoms in total. The number of aromatic nitrogens is 3. The molecule has 0 aliphatic carbocycles. The van der Waals surface area contributed by atoms with Crippen LogP contribution >= 0.6 is 0 Å². The minimum Gasteiger partial charge on any atom is -0.302 e. The zero-order valence-corrected chi connectivity index (χ0v) is 7.16. The number of hydrogen-bond acceptors (Lipinski definition) is 4. The lowest BCUT2D eigenvalue weighted by Crippen LogP contribution is -2.21. The number of nitrogens with zero attached hydrogens (tertiary/aromatic N) is 2. The summed E-state index contributed by atoms with van der Waals surface area (Å²) in [4.78, 5) is 14.2. The third-order valence-electron chi connectivity index (χ3n) is 1.51. The standard InChI is InChI=1S/C7H12N4O/c1-5(8-3-4-12)7-9-6(2)10-11-7/h4-5,8H,3H2,1-2H3,(H,9,10,11). The lowest BCUT2D eigenvalue weighted by atomic mass is 10.3. The molecule has 0 saturated heterocycles. The molecule has 0 radical (unpaired) electrons. The van der Waals surface area contributed by atoms with E-state index < -0.39 is 0 Å². The van der Waals surface area contributed by atoms with Gasteiger partial charge in [0.25, 0.3) is 0 Å². The van der Waals surface area contributed by atoms with Gasteiger partial charge in [-0.05, 0) is 13.8 Å². The molecule has 1 heterocycles. The van der Waals surface area contributed by atoms with E-state index in [-0.39, 0.29) is 6.04 Å². The van der Waals surface area contributed by atoms with Crippen molar-refractivity contribution in [2.24, 2.45) is 0 Å². The van der Waals surface area contributed by atoms with Gasteiger partial charge in [0.2, 0.25) is 0 Å². The molecule has 5 heteroatoms. The van der Waals surface area contributed by atoms with Crippen LogP contribution in [0.15, 0.2) is 0 Å². The lowest BCUT2D eigenvalue weighted by molar-refractivity contribution is -0.107. The molecule has 1 rings (SSSR count). The number of carbonyl (C=O) groups is 1. The Bertz CT molecular complexity index is 258. The van der Waals surface area contributed by atoms with Crippen molar-refractivity contribution in [1.82, 2.24) is 20.5 Å². The summed E-state index contributed by atoms with van der Waals surface area (Å²) in [5, 5.41) is 9.64. The number of rotatable bonds is 4. The first-order valence-corrected chi connectivity index (χ1v) is 3.80. The first-order chi connectivity index (χ1) is 5.74. The molecule has 0 spiro atoms. The van der Waals surface area contributed by atoms with E-state index in [4.69, 9.17) is 0 Å². The second-order valence-electron chi connectivity index (χ2n) is 2.58. The summed E-state index contributed by atoms with van der Waals surface area (Å²) < 4.78 is 0. The zero-order chi connectivity index (χ0) is 8.97. The van der Waals surface area contributed by atoms with Crippen LogP contribution in [0.2, 0.25) is 0 Å². The van der Waals surface area contributed by atoms with Gasteiger partial charge in [-0.3, -0.25) is 5.10 Å². The average Bonchev–Trinajstić information content (AvgIpc) is 2.47. The molecule has 1 atom stereocenters. The van der Waals surface area contributed by atoms with Gasteiger partial charge in [0.05, 0.1) is 12.6 Å². The van der Waals surface area contributed by atoms with E-state index >= 15 is 0 Å². The fourth-order valence-corrected chi connectivity index (χ4v) is 0.870. The van der Waals surface area contributed by atoms with Crippen molar-refractivity contribution in [3.8, 4) is 0 Å².